The topological polar surface area (TPSA) is 72.0 Å². The molecule has 0 spiro atoms. The van der Waals surface area contributed by atoms with Crippen LogP contribution in [-0.4, -0.2) is 10.5 Å². The molecular weight excluding hydrogens is 216 g/mol. The first-order valence-corrected chi connectivity index (χ1v) is 5.85. The van der Waals surface area contributed by atoms with Gasteiger partial charge in [-0.2, -0.15) is 0 Å². The van der Waals surface area contributed by atoms with Crippen molar-refractivity contribution in [2.24, 2.45) is 5.73 Å². The van der Waals surface area contributed by atoms with Gasteiger partial charge >= 0.3 is 5.76 Å². The van der Waals surface area contributed by atoms with Gasteiger partial charge in [0.15, 0.2) is 5.58 Å². The molecule has 92 valence electrons. The summed E-state index contributed by atoms with van der Waals surface area (Å²) in [5.41, 5.74) is 8.35. The lowest BCUT2D eigenvalue weighted by atomic mass is 9.97. The minimum absolute atomic E-state index is 0.120. The van der Waals surface area contributed by atoms with Crippen molar-refractivity contribution in [2.75, 3.05) is 0 Å². The summed E-state index contributed by atoms with van der Waals surface area (Å²) in [6.07, 6.45) is 2.96. The van der Waals surface area contributed by atoms with Gasteiger partial charge in [0, 0.05) is 5.54 Å². The fourth-order valence-electron chi connectivity index (χ4n) is 1.89. The zero-order chi connectivity index (χ0) is 12.5. The van der Waals surface area contributed by atoms with E-state index in [2.05, 4.69) is 4.98 Å². The molecule has 4 heteroatoms. The number of H-pyrrole nitrogens is 1. The molecular formula is C13H18N2O2. The Balaban J connectivity index is 2.06. The zero-order valence-corrected chi connectivity index (χ0v) is 10.2. The fourth-order valence-corrected chi connectivity index (χ4v) is 1.89. The molecule has 1 aromatic heterocycles. The number of nitrogens with two attached hydrogens (primary N) is 1. The first kappa shape index (κ1) is 11.9. The highest BCUT2D eigenvalue weighted by molar-refractivity contribution is 5.72. The molecule has 0 unspecified atom stereocenters. The van der Waals surface area contributed by atoms with Crippen LogP contribution >= 0.6 is 0 Å². The van der Waals surface area contributed by atoms with Gasteiger partial charge in [0.25, 0.3) is 0 Å². The van der Waals surface area contributed by atoms with Crippen molar-refractivity contribution < 1.29 is 4.42 Å². The number of rotatable bonds is 4. The average molecular weight is 234 g/mol. The molecule has 3 N–H and O–H groups in total. The number of aryl methyl sites for hydroxylation is 1. The van der Waals surface area contributed by atoms with Crippen LogP contribution in [0.25, 0.3) is 11.1 Å². The van der Waals surface area contributed by atoms with Crippen molar-refractivity contribution in [3.63, 3.8) is 0 Å². The number of fused-ring (bicyclic) bond motifs is 1. The summed E-state index contributed by atoms with van der Waals surface area (Å²) in [7, 11) is 0. The summed E-state index contributed by atoms with van der Waals surface area (Å²) in [6, 6.07) is 5.80. The van der Waals surface area contributed by atoms with Gasteiger partial charge in [-0.05, 0) is 50.8 Å². The predicted octanol–water partition coefficient (Wildman–Crippen LogP) is 2.18. The van der Waals surface area contributed by atoms with Crippen LogP contribution in [0.4, 0.5) is 0 Å². The van der Waals surface area contributed by atoms with E-state index in [1.165, 1.54) is 5.56 Å². The Morgan fingerprint density at radius 2 is 2.18 bits per heavy atom. The molecule has 17 heavy (non-hydrogen) atoms. The number of benzene rings is 1. The standard InChI is InChI=1S/C13H18N2O2/c1-13(2,14)7-3-4-9-5-6-10-11(8-9)17-12(16)15-10/h5-6,8H,3-4,7,14H2,1-2H3,(H,15,16). The Labute approximate surface area is 99.8 Å². The van der Waals surface area contributed by atoms with Crippen LogP contribution in [0.5, 0.6) is 0 Å². The minimum atomic E-state index is -0.403. The summed E-state index contributed by atoms with van der Waals surface area (Å²) in [4.78, 5) is 13.6. The molecule has 2 rings (SSSR count). The summed E-state index contributed by atoms with van der Waals surface area (Å²) in [5, 5.41) is 0. The maximum absolute atomic E-state index is 11.0. The van der Waals surface area contributed by atoms with Gasteiger partial charge in [-0.3, -0.25) is 4.98 Å². The van der Waals surface area contributed by atoms with Crippen molar-refractivity contribution in [3.05, 3.63) is 34.3 Å². The highest BCUT2D eigenvalue weighted by Gasteiger charge is 2.10. The van der Waals surface area contributed by atoms with E-state index in [4.69, 9.17) is 10.2 Å². The van der Waals surface area contributed by atoms with E-state index in [0.29, 0.717) is 5.58 Å². The molecule has 0 atom stereocenters. The normalized spacial score (nSPS) is 12.2. The molecule has 0 aliphatic rings. The van der Waals surface area contributed by atoms with E-state index in [1.807, 2.05) is 32.0 Å². The van der Waals surface area contributed by atoms with Gasteiger partial charge in [0.1, 0.15) is 0 Å². The van der Waals surface area contributed by atoms with Crippen LogP contribution in [-0.2, 0) is 6.42 Å². The second kappa shape index (κ2) is 4.37. The number of nitrogens with one attached hydrogen (secondary N) is 1. The third-order valence-corrected chi connectivity index (χ3v) is 2.77. The van der Waals surface area contributed by atoms with Crippen LogP contribution in [0.3, 0.4) is 0 Å². The SMILES string of the molecule is CC(C)(N)CCCc1ccc2[nH]c(=O)oc2c1. The molecule has 1 heterocycles. The maximum atomic E-state index is 11.0. The first-order chi connectivity index (χ1) is 7.94. The molecule has 1 aromatic carbocycles. The summed E-state index contributed by atoms with van der Waals surface area (Å²) < 4.78 is 5.02. The van der Waals surface area contributed by atoms with Crippen molar-refractivity contribution in [1.82, 2.24) is 4.98 Å². The van der Waals surface area contributed by atoms with Crippen LogP contribution in [0.1, 0.15) is 32.3 Å². The average Bonchev–Trinajstić information content (AvgIpc) is 2.55. The second-order valence-electron chi connectivity index (χ2n) is 5.19. The zero-order valence-electron chi connectivity index (χ0n) is 10.2. The van der Waals surface area contributed by atoms with Gasteiger partial charge in [-0.15, -0.1) is 0 Å². The van der Waals surface area contributed by atoms with Gasteiger partial charge in [0.2, 0.25) is 0 Å². The number of aromatic nitrogens is 1. The number of oxazole rings is 1. The Hall–Kier alpha value is -1.55. The van der Waals surface area contributed by atoms with Crippen molar-refractivity contribution >= 4 is 11.1 Å². The molecule has 0 aliphatic carbocycles. The second-order valence-corrected chi connectivity index (χ2v) is 5.19. The van der Waals surface area contributed by atoms with Crippen molar-refractivity contribution in [1.29, 1.82) is 0 Å². The van der Waals surface area contributed by atoms with Gasteiger partial charge < -0.3 is 10.2 Å². The Morgan fingerprint density at radius 3 is 2.88 bits per heavy atom. The molecule has 0 bridgehead atoms. The van der Waals surface area contributed by atoms with Crippen LogP contribution in [0.15, 0.2) is 27.4 Å². The highest BCUT2D eigenvalue weighted by atomic mass is 16.4. The van der Waals surface area contributed by atoms with E-state index in [9.17, 15) is 4.79 Å². The Kier molecular flexibility index (Phi) is 3.07. The predicted molar refractivity (Wildman–Crippen MR) is 68.0 cm³/mol. The molecule has 0 fully saturated rings. The van der Waals surface area contributed by atoms with E-state index in [-0.39, 0.29) is 5.54 Å². The molecule has 0 saturated carbocycles. The molecule has 2 aromatic rings. The van der Waals surface area contributed by atoms with Gasteiger partial charge in [-0.1, -0.05) is 6.07 Å². The third-order valence-electron chi connectivity index (χ3n) is 2.77. The van der Waals surface area contributed by atoms with E-state index in [1.54, 1.807) is 0 Å². The molecule has 0 aliphatic heterocycles. The van der Waals surface area contributed by atoms with E-state index < -0.39 is 5.76 Å². The van der Waals surface area contributed by atoms with Crippen molar-refractivity contribution in [2.45, 2.75) is 38.6 Å². The van der Waals surface area contributed by atoms with Crippen LogP contribution < -0.4 is 11.5 Å². The van der Waals surface area contributed by atoms with Gasteiger partial charge in [0.05, 0.1) is 5.52 Å². The minimum Gasteiger partial charge on any atom is -0.408 e. The quantitative estimate of drug-likeness (QED) is 0.851. The molecule has 0 saturated heterocycles. The lowest BCUT2D eigenvalue weighted by Gasteiger charge is -2.17. The molecule has 4 nitrogen and oxygen atoms in total. The maximum Gasteiger partial charge on any atom is 0.417 e. The number of aromatic amines is 1. The molecule has 0 amide bonds. The lowest BCUT2D eigenvalue weighted by Crippen LogP contribution is -2.31. The summed E-state index contributed by atoms with van der Waals surface area (Å²) >= 11 is 0. The summed E-state index contributed by atoms with van der Waals surface area (Å²) in [6.45, 7) is 4.06. The van der Waals surface area contributed by atoms with E-state index >= 15 is 0 Å². The first-order valence-electron chi connectivity index (χ1n) is 5.85. The number of hydrogen-bond donors (Lipinski definition) is 2. The third kappa shape index (κ3) is 3.20. The van der Waals surface area contributed by atoms with Crippen molar-refractivity contribution in [3.8, 4) is 0 Å². The largest absolute Gasteiger partial charge is 0.417 e. The fraction of sp³-hybridized carbons (Fsp3) is 0.462. The Morgan fingerprint density at radius 1 is 1.41 bits per heavy atom. The van der Waals surface area contributed by atoms with E-state index in [0.717, 1.165) is 24.8 Å². The lowest BCUT2D eigenvalue weighted by molar-refractivity contribution is 0.459. The molecule has 0 radical (unpaired) electrons. The monoisotopic (exact) mass is 234 g/mol. The smallest absolute Gasteiger partial charge is 0.408 e. The highest BCUT2D eigenvalue weighted by Crippen LogP contribution is 2.16. The van der Waals surface area contributed by atoms with Gasteiger partial charge in [-0.25, -0.2) is 4.79 Å². The van der Waals surface area contributed by atoms with Crippen LogP contribution in [0, 0.1) is 0 Å². The van der Waals surface area contributed by atoms with Crippen LogP contribution in [0.2, 0.25) is 0 Å². The number of hydrogen-bond acceptors (Lipinski definition) is 3. The Bertz CT molecular complexity index is 561. The summed E-state index contributed by atoms with van der Waals surface area (Å²) in [5.74, 6) is -0.403.